The molecule has 7 rings (SSSR count). The Morgan fingerprint density at radius 3 is 2.08 bits per heavy atom. The third kappa shape index (κ3) is 3.75. The van der Waals surface area contributed by atoms with E-state index in [0.29, 0.717) is 33.8 Å². The van der Waals surface area contributed by atoms with E-state index in [-0.39, 0.29) is 11.1 Å². The van der Waals surface area contributed by atoms with Crippen molar-refractivity contribution < 1.29 is 18.8 Å². The Morgan fingerprint density at radius 2 is 1.32 bits per heavy atom. The summed E-state index contributed by atoms with van der Waals surface area (Å²) in [6, 6.07) is 33.2. The highest BCUT2D eigenvalue weighted by Gasteiger charge is 2.43. The number of hydrogen-bond donors (Lipinski definition) is 1. The molecule has 1 N–H and O–H groups in total. The number of nitrogens with one attached hydrogen (secondary N) is 1. The summed E-state index contributed by atoms with van der Waals surface area (Å²) in [6.45, 7) is 0. The maximum absolute atomic E-state index is 14.0. The highest BCUT2D eigenvalue weighted by molar-refractivity contribution is 6.23. The molecule has 0 bridgehead atoms. The van der Waals surface area contributed by atoms with E-state index in [9.17, 15) is 14.4 Å². The predicted octanol–water partition coefficient (Wildman–Crippen LogP) is 6.62. The van der Waals surface area contributed by atoms with Crippen LogP contribution in [0.2, 0.25) is 0 Å². The fourth-order valence-corrected chi connectivity index (χ4v) is 5.25. The van der Waals surface area contributed by atoms with Gasteiger partial charge in [-0.15, -0.1) is 0 Å². The van der Waals surface area contributed by atoms with Crippen LogP contribution < -0.4 is 5.32 Å². The van der Waals surface area contributed by atoms with Crippen molar-refractivity contribution in [1.29, 1.82) is 0 Å². The van der Waals surface area contributed by atoms with Crippen LogP contribution in [0.3, 0.4) is 0 Å². The molecule has 7 nitrogen and oxygen atoms in total. The van der Waals surface area contributed by atoms with Crippen LogP contribution in [0.15, 0.2) is 120 Å². The van der Waals surface area contributed by atoms with Gasteiger partial charge in [-0.05, 0) is 41.3 Å². The lowest BCUT2D eigenvalue weighted by atomic mass is 10.0. The van der Waals surface area contributed by atoms with Crippen LogP contribution in [-0.2, 0) is 4.79 Å². The zero-order chi connectivity index (χ0) is 27.2. The number of hydrogen-bond acceptors (Lipinski definition) is 5. The third-order valence-corrected chi connectivity index (χ3v) is 7.14. The maximum Gasteiger partial charge on any atom is 0.262 e. The van der Waals surface area contributed by atoms with Crippen LogP contribution in [0.25, 0.3) is 33.3 Å². The first-order valence-electron chi connectivity index (χ1n) is 12.8. The second-order valence-corrected chi connectivity index (χ2v) is 9.53. The smallest absolute Gasteiger partial charge is 0.262 e. The molecule has 1 atom stereocenters. The predicted molar refractivity (Wildman–Crippen MR) is 152 cm³/mol. The van der Waals surface area contributed by atoms with Crippen LogP contribution >= 0.6 is 0 Å². The molecular weight excluding hydrogens is 502 g/mol. The summed E-state index contributed by atoms with van der Waals surface area (Å²) in [5, 5.41) is 4.92. The van der Waals surface area contributed by atoms with E-state index < -0.39 is 23.8 Å². The minimum absolute atomic E-state index is 0.278. The molecule has 1 aromatic heterocycles. The lowest BCUT2D eigenvalue weighted by Crippen LogP contribution is -2.41. The van der Waals surface area contributed by atoms with E-state index >= 15 is 0 Å². The second kappa shape index (κ2) is 9.32. The number of carbonyl (C=O) groups is 3. The number of benzene rings is 5. The Hall–Kier alpha value is -5.56. The zero-order valence-corrected chi connectivity index (χ0v) is 21.1. The van der Waals surface area contributed by atoms with Gasteiger partial charge in [0.05, 0.1) is 22.4 Å². The Bertz CT molecular complexity index is 1930. The van der Waals surface area contributed by atoms with E-state index in [1.165, 1.54) is 0 Å². The van der Waals surface area contributed by atoms with Gasteiger partial charge in [-0.25, -0.2) is 4.98 Å². The van der Waals surface area contributed by atoms with Crippen molar-refractivity contribution in [3.63, 3.8) is 0 Å². The first kappa shape index (κ1) is 23.5. The quantitative estimate of drug-likeness (QED) is 0.256. The molecule has 5 aromatic carbocycles. The number of nitrogens with zero attached hydrogens (tertiary/aromatic N) is 2. The van der Waals surface area contributed by atoms with Gasteiger partial charge in [0.1, 0.15) is 11.6 Å². The van der Waals surface area contributed by atoms with Gasteiger partial charge in [0.15, 0.2) is 5.58 Å². The van der Waals surface area contributed by atoms with Gasteiger partial charge in [-0.3, -0.25) is 19.3 Å². The molecule has 2 heterocycles. The van der Waals surface area contributed by atoms with Crippen LogP contribution in [0, 0.1) is 0 Å². The van der Waals surface area contributed by atoms with Crippen molar-refractivity contribution in [2.75, 3.05) is 5.32 Å². The molecule has 1 aliphatic heterocycles. The Kier molecular flexibility index (Phi) is 5.49. The minimum atomic E-state index is -1.19. The highest BCUT2D eigenvalue weighted by atomic mass is 16.3. The lowest BCUT2D eigenvalue weighted by molar-refractivity contribution is -0.120. The molecule has 0 aliphatic carbocycles. The number of oxazole rings is 1. The molecule has 0 saturated heterocycles. The summed E-state index contributed by atoms with van der Waals surface area (Å²) in [7, 11) is 0. The number of aromatic nitrogens is 1. The van der Waals surface area contributed by atoms with Crippen LogP contribution in [0.5, 0.6) is 0 Å². The van der Waals surface area contributed by atoms with Gasteiger partial charge in [0.2, 0.25) is 5.89 Å². The zero-order valence-electron chi connectivity index (χ0n) is 21.1. The second-order valence-electron chi connectivity index (χ2n) is 9.53. The third-order valence-electron chi connectivity index (χ3n) is 7.14. The van der Waals surface area contributed by atoms with Gasteiger partial charge >= 0.3 is 0 Å². The van der Waals surface area contributed by atoms with Crippen molar-refractivity contribution in [3.05, 3.63) is 132 Å². The molecule has 1 unspecified atom stereocenters. The fraction of sp³-hybridized carbons (Fsp3) is 0.0303. The van der Waals surface area contributed by atoms with Crippen molar-refractivity contribution in [2.45, 2.75) is 6.04 Å². The number of carbonyl (C=O) groups excluding carboxylic acids is 3. The molecule has 0 spiro atoms. The standard InChI is InChI=1S/C33H21N3O4/c37-30(28(21-11-2-1-3-12-21)36-32(38)23-14-6-7-15-24(23)33(36)39)34-26-17-9-8-16-25(26)31-35-27-19-18-20-10-4-5-13-22(20)29(27)40-31/h1-19,28H,(H,34,37). The minimum Gasteiger partial charge on any atom is -0.435 e. The number of rotatable bonds is 5. The molecule has 0 radical (unpaired) electrons. The van der Waals surface area contributed by atoms with Gasteiger partial charge in [0, 0.05) is 5.39 Å². The number of imide groups is 1. The van der Waals surface area contributed by atoms with Crippen molar-refractivity contribution in [3.8, 4) is 11.5 Å². The summed E-state index contributed by atoms with van der Waals surface area (Å²) in [6.07, 6.45) is 0. The fourth-order valence-electron chi connectivity index (χ4n) is 5.25. The number of amides is 3. The average molecular weight is 524 g/mol. The molecule has 0 saturated carbocycles. The molecule has 192 valence electrons. The molecule has 40 heavy (non-hydrogen) atoms. The molecule has 1 aliphatic rings. The van der Waals surface area contributed by atoms with Crippen molar-refractivity contribution in [2.24, 2.45) is 0 Å². The number of fused-ring (bicyclic) bond motifs is 4. The Balaban J connectivity index is 1.28. The molecule has 7 heteroatoms. The molecule has 0 fully saturated rings. The number of anilines is 1. The van der Waals surface area contributed by atoms with E-state index in [4.69, 9.17) is 9.40 Å². The Morgan fingerprint density at radius 1 is 0.700 bits per heavy atom. The van der Waals surface area contributed by atoms with Crippen molar-refractivity contribution in [1.82, 2.24) is 9.88 Å². The SMILES string of the molecule is O=C(Nc1ccccc1-c1nc2ccc3ccccc3c2o1)C(c1ccccc1)N1C(=O)c2ccccc2C1=O. The van der Waals surface area contributed by atoms with Crippen LogP contribution in [0.4, 0.5) is 5.69 Å². The van der Waals surface area contributed by atoms with Crippen molar-refractivity contribution >= 4 is 45.3 Å². The summed E-state index contributed by atoms with van der Waals surface area (Å²) in [5.74, 6) is -1.21. The first-order chi connectivity index (χ1) is 19.6. The maximum atomic E-state index is 14.0. The summed E-state index contributed by atoms with van der Waals surface area (Å²) < 4.78 is 6.23. The van der Waals surface area contributed by atoms with Gasteiger partial charge in [0.25, 0.3) is 17.7 Å². The molecular formula is C33H21N3O4. The first-order valence-corrected chi connectivity index (χ1v) is 12.8. The monoisotopic (exact) mass is 523 g/mol. The van der Waals surface area contributed by atoms with Gasteiger partial charge in [-0.2, -0.15) is 0 Å². The van der Waals surface area contributed by atoms with Gasteiger partial charge in [-0.1, -0.05) is 84.9 Å². The summed E-state index contributed by atoms with van der Waals surface area (Å²) in [4.78, 5) is 46.4. The highest BCUT2D eigenvalue weighted by Crippen LogP contribution is 2.36. The van der Waals surface area contributed by atoms with E-state index in [2.05, 4.69) is 5.32 Å². The Labute approximate surface area is 228 Å². The largest absolute Gasteiger partial charge is 0.435 e. The van der Waals surface area contributed by atoms with E-state index in [1.807, 2.05) is 54.6 Å². The van der Waals surface area contributed by atoms with Crippen LogP contribution in [-0.4, -0.2) is 27.6 Å². The van der Waals surface area contributed by atoms with Gasteiger partial charge < -0.3 is 9.73 Å². The van der Waals surface area contributed by atoms with E-state index in [1.54, 1.807) is 60.7 Å². The molecule has 6 aromatic rings. The van der Waals surface area contributed by atoms with E-state index in [0.717, 1.165) is 15.7 Å². The summed E-state index contributed by atoms with van der Waals surface area (Å²) in [5.41, 5.74) is 3.44. The topological polar surface area (TPSA) is 92.5 Å². The van der Waals surface area contributed by atoms with Crippen LogP contribution in [0.1, 0.15) is 32.3 Å². The average Bonchev–Trinajstić information content (AvgIpc) is 3.54. The normalized spacial score (nSPS) is 13.6. The summed E-state index contributed by atoms with van der Waals surface area (Å²) >= 11 is 0. The number of para-hydroxylation sites is 1. The lowest BCUT2D eigenvalue weighted by Gasteiger charge is -2.26. The molecule has 3 amide bonds.